The number of benzene rings is 2. The van der Waals surface area contributed by atoms with E-state index in [1.165, 1.54) is 4.31 Å². The minimum Gasteiger partial charge on any atom is -0.497 e. The van der Waals surface area contributed by atoms with Crippen molar-refractivity contribution >= 4 is 26.9 Å². The first-order chi connectivity index (χ1) is 15.1. The van der Waals surface area contributed by atoms with Crippen LogP contribution in [-0.4, -0.2) is 74.0 Å². The minimum absolute atomic E-state index is 0.0263. The fraction of sp³-hybridized carbons (Fsp3) is 0.348. The Morgan fingerprint density at radius 3 is 2.41 bits per heavy atom. The predicted octanol–water partition coefficient (Wildman–Crippen LogP) is 3.26. The highest BCUT2D eigenvalue weighted by atomic mass is 32.2. The standard InChI is InChI=1S/C21H25N3O3S.C2H4O2/c1-23-11-10-17(14-23)24(2)28(25,26)19-7-4-15(5-8-19)21-13-16-12-18(27-3)6-9-20(16)22-21;1-2(3)4/h4-9,12-13,17,22H,10-11,14H2,1-3H3;1H3,(H,3,4). The number of carboxylic acids is 1. The third-order valence-corrected chi connectivity index (χ3v) is 7.48. The van der Waals surface area contributed by atoms with E-state index in [0.717, 1.165) is 54.3 Å². The van der Waals surface area contributed by atoms with Crippen molar-refractivity contribution in [1.82, 2.24) is 14.2 Å². The number of H-pyrrole nitrogens is 1. The molecule has 8 nitrogen and oxygen atoms in total. The number of hydrogen-bond donors (Lipinski definition) is 2. The molecule has 32 heavy (non-hydrogen) atoms. The summed E-state index contributed by atoms with van der Waals surface area (Å²) in [4.78, 5) is 14.9. The van der Waals surface area contributed by atoms with Gasteiger partial charge in [0.2, 0.25) is 10.0 Å². The summed E-state index contributed by atoms with van der Waals surface area (Å²) in [5, 5.41) is 8.47. The van der Waals surface area contributed by atoms with Crippen LogP contribution in [0.3, 0.4) is 0 Å². The van der Waals surface area contributed by atoms with Gasteiger partial charge in [0.1, 0.15) is 5.75 Å². The van der Waals surface area contributed by atoms with Crippen molar-refractivity contribution in [2.24, 2.45) is 0 Å². The van der Waals surface area contributed by atoms with Gasteiger partial charge in [0.25, 0.3) is 5.97 Å². The highest BCUT2D eigenvalue weighted by Crippen LogP contribution is 2.28. The van der Waals surface area contributed by atoms with Crippen LogP contribution in [0, 0.1) is 0 Å². The molecule has 0 spiro atoms. The van der Waals surface area contributed by atoms with Gasteiger partial charge >= 0.3 is 0 Å². The molecule has 0 radical (unpaired) electrons. The molecule has 1 aliphatic heterocycles. The zero-order valence-corrected chi connectivity index (χ0v) is 19.5. The number of aromatic amines is 1. The molecular weight excluding hydrogens is 430 g/mol. The van der Waals surface area contributed by atoms with Gasteiger partial charge in [0.05, 0.1) is 12.0 Å². The Kier molecular flexibility index (Phi) is 7.22. The van der Waals surface area contributed by atoms with Gasteiger partial charge in [-0.25, -0.2) is 8.42 Å². The third-order valence-electron chi connectivity index (χ3n) is 5.55. The van der Waals surface area contributed by atoms with Gasteiger partial charge in [-0.15, -0.1) is 0 Å². The summed E-state index contributed by atoms with van der Waals surface area (Å²) in [6.07, 6.45) is 0.864. The maximum Gasteiger partial charge on any atom is 0.300 e. The highest BCUT2D eigenvalue weighted by Gasteiger charge is 2.31. The van der Waals surface area contributed by atoms with E-state index in [0.29, 0.717) is 4.90 Å². The molecule has 172 valence electrons. The highest BCUT2D eigenvalue weighted by molar-refractivity contribution is 7.89. The van der Waals surface area contributed by atoms with E-state index in [4.69, 9.17) is 14.6 Å². The van der Waals surface area contributed by atoms with Gasteiger partial charge in [-0.1, -0.05) is 12.1 Å². The maximum absolute atomic E-state index is 13.0. The Hall–Kier alpha value is -2.88. The number of ether oxygens (including phenoxy) is 1. The number of likely N-dealkylation sites (tertiary alicyclic amines) is 1. The summed E-state index contributed by atoms with van der Waals surface area (Å²) in [6.45, 7) is 2.78. The largest absolute Gasteiger partial charge is 0.497 e. The molecule has 0 saturated carbocycles. The van der Waals surface area contributed by atoms with Gasteiger partial charge in [-0.2, -0.15) is 4.31 Å². The summed E-state index contributed by atoms with van der Waals surface area (Å²) in [5.74, 6) is -0.0277. The molecule has 1 aromatic heterocycles. The van der Waals surface area contributed by atoms with E-state index in [2.05, 4.69) is 9.88 Å². The number of carboxylic acid groups (broad SMARTS) is 1. The van der Waals surface area contributed by atoms with Crippen LogP contribution in [0.4, 0.5) is 0 Å². The van der Waals surface area contributed by atoms with Crippen molar-refractivity contribution in [3.05, 3.63) is 48.5 Å². The molecule has 0 bridgehead atoms. The van der Waals surface area contributed by atoms with Crippen molar-refractivity contribution in [2.75, 3.05) is 34.3 Å². The SMILES string of the molecule is CC(=O)O.COc1ccc2[nH]c(-c3ccc(S(=O)(=O)N(C)C4CCN(C)C4)cc3)cc2c1. The molecule has 2 N–H and O–H groups in total. The van der Waals surface area contributed by atoms with Crippen molar-refractivity contribution in [3.63, 3.8) is 0 Å². The Morgan fingerprint density at radius 2 is 1.84 bits per heavy atom. The molecule has 0 aliphatic carbocycles. The Bertz CT molecular complexity index is 1180. The number of nitrogens with one attached hydrogen (secondary N) is 1. The molecule has 1 atom stereocenters. The molecule has 3 aromatic rings. The molecule has 1 unspecified atom stereocenters. The van der Waals surface area contributed by atoms with E-state index in [1.54, 1.807) is 26.3 Å². The quantitative estimate of drug-likeness (QED) is 0.607. The van der Waals surface area contributed by atoms with Gasteiger partial charge in [0.15, 0.2) is 0 Å². The number of hydrogen-bond acceptors (Lipinski definition) is 5. The molecule has 2 heterocycles. The van der Waals surface area contributed by atoms with Crippen molar-refractivity contribution in [1.29, 1.82) is 0 Å². The molecule has 2 aromatic carbocycles. The third kappa shape index (κ3) is 5.29. The summed E-state index contributed by atoms with van der Waals surface area (Å²) in [6, 6.07) is 15.0. The zero-order chi connectivity index (χ0) is 23.5. The monoisotopic (exact) mass is 459 g/mol. The molecular formula is C23H29N3O5S. The van der Waals surface area contributed by atoms with Crippen LogP contribution in [0.2, 0.25) is 0 Å². The molecule has 0 amide bonds. The van der Waals surface area contributed by atoms with Crippen LogP contribution in [0.25, 0.3) is 22.2 Å². The number of nitrogens with zero attached hydrogens (tertiary/aromatic N) is 2. The van der Waals surface area contributed by atoms with E-state index >= 15 is 0 Å². The number of sulfonamides is 1. The summed E-state index contributed by atoms with van der Waals surface area (Å²) in [5.41, 5.74) is 2.90. The fourth-order valence-electron chi connectivity index (χ4n) is 3.77. The topological polar surface area (TPSA) is 103 Å². The van der Waals surface area contributed by atoms with Crippen LogP contribution in [0.1, 0.15) is 13.3 Å². The average Bonchev–Trinajstić information content (AvgIpc) is 3.38. The first-order valence-corrected chi connectivity index (χ1v) is 11.7. The number of likely N-dealkylation sites (N-methyl/N-ethyl adjacent to an activating group) is 2. The van der Waals surface area contributed by atoms with Crippen LogP contribution in [-0.2, 0) is 14.8 Å². The van der Waals surface area contributed by atoms with Crippen LogP contribution in [0.5, 0.6) is 5.75 Å². The number of aliphatic carboxylic acids is 1. The van der Waals surface area contributed by atoms with E-state index in [1.807, 2.05) is 43.4 Å². The lowest BCUT2D eigenvalue weighted by molar-refractivity contribution is -0.134. The number of rotatable bonds is 5. The molecule has 9 heteroatoms. The number of carbonyl (C=O) groups is 1. The average molecular weight is 460 g/mol. The lowest BCUT2D eigenvalue weighted by atomic mass is 10.1. The summed E-state index contributed by atoms with van der Waals surface area (Å²) in [7, 11) is 1.85. The summed E-state index contributed by atoms with van der Waals surface area (Å²) < 4.78 is 32.7. The van der Waals surface area contributed by atoms with Gasteiger partial charge in [-0.05, 0) is 62.0 Å². The fourth-order valence-corrected chi connectivity index (χ4v) is 5.15. The molecule has 1 saturated heterocycles. The van der Waals surface area contributed by atoms with Crippen LogP contribution < -0.4 is 4.74 Å². The number of methoxy groups -OCH3 is 1. The van der Waals surface area contributed by atoms with Crippen molar-refractivity contribution < 1.29 is 23.1 Å². The normalized spacial score (nSPS) is 16.7. The second kappa shape index (κ2) is 9.72. The van der Waals surface area contributed by atoms with Gasteiger partial charge in [0, 0.05) is 43.2 Å². The van der Waals surface area contributed by atoms with Crippen molar-refractivity contribution in [2.45, 2.75) is 24.3 Å². The lowest BCUT2D eigenvalue weighted by Gasteiger charge is -2.23. The van der Waals surface area contributed by atoms with E-state index in [9.17, 15) is 8.42 Å². The predicted molar refractivity (Wildman–Crippen MR) is 124 cm³/mol. The van der Waals surface area contributed by atoms with Gasteiger partial charge in [-0.3, -0.25) is 4.79 Å². The van der Waals surface area contributed by atoms with Crippen LogP contribution in [0.15, 0.2) is 53.4 Å². The van der Waals surface area contributed by atoms with Crippen LogP contribution >= 0.6 is 0 Å². The number of fused-ring (bicyclic) bond motifs is 1. The Morgan fingerprint density at radius 1 is 1.19 bits per heavy atom. The first-order valence-electron chi connectivity index (χ1n) is 10.2. The Balaban J connectivity index is 0.000000668. The second-order valence-electron chi connectivity index (χ2n) is 7.91. The zero-order valence-electron chi connectivity index (χ0n) is 18.7. The second-order valence-corrected chi connectivity index (χ2v) is 9.90. The lowest BCUT2D eigenvalue weighted by Crippen LogP contribution is -2.38. The minimum atomic E-state index is -3.50. The number of aromatic nitrogens is 1. The molecule has 4 rings (SSSR count). The molecule has 1 aliphatic rings. The first kappa shape index (κ1) is 23.8. The van der Waals surface area contributed by atoms with E-state index in [-0.39, 0.29) is 6.04 Å². The van der Waals surface area contributed by atoms with Crippen molar-refractivity contribution in [3.8, 4) is 17.0 Å². The smallest absolute Gasteiger partial charge is 0.300 e. The summed E-state index contributed by atoms with van der Waals surface area (Å²) >= 11 is 0. The Labute approximate surface area is 188 Å². The maximum atomic E-state index is 13.0. The van der Waals surface area contributed by atoms with E-state index < -0.39 is 16.0 Å². The van der Waals surface area contributed by atoms with Gasteiger partial charge < -0.3 is 19.7 Å². The molecule has 1 fully saturated rings.